The third-order valence-electron chi connectivity index (χ3n) is 4.19. The SMILES string of the molecule is O=C(O)c1cc(Br)cc(N2CCOC3CCCCC32)c1. The number of carboxylic acids is 1. The average Bonchev–Trinajstić information content (AvgIpc) is 2.46. The third kappa shape index (κ3) is 2.69. The van der Waals surface area contributed by atoms with Crippen molar-refractivity contribution in [2.45, 2.75) is 37.8 Å². The Hall–Kier alpha value is -1.07. The van der Waals surface area contributed by atoms with Gasteiger partial charge in [0, 0.05) is 16.7 Å². The highest BCUT2D eigenvalue weighted by Crippen LogP contribution is 2.33. The van der Waals surface area contributed by atoms with Crippen LogP contribution in [0.1, 0.15) is 36.0 Å². The van der Waals surface area contributed by atoms with E-state index in [4.69, 9.17) is 4.74 Å². The van der Waals surface area contributed by atoms with E-state index in [2.05, 4.69) is 20.8 Å². The summed E-state index contributed by atoms with van der Waals surface area (Å²) in [5.41, 5.74) is 1.31. The number of halogens is 1. The number of rotatable bonds is 2. The summed E-state index contributed by atoms with van der Waals surface area (Å²) in [4.78, 5) is 13.5. The van der Waals surface area contributed by atoms with Gasteiger partial charge in [-0.05, 0) is 31.0 Å². The number of fused-ring (bicyclic) bond motifs is 1. The highest BCUT2D eigenvalue weighted by Gasteiger charge is 2.34. The fourth-order valence-electron chi connectivity index (χ4n) is 3.28. The van der Waals surface area contributed by atoms with Crippen molar-refractivity contribution in [3.8, 4) is 0 Å². The van der Waals surface area contributed by atoms with Crippen molar-refractivity contribution in [3.05, 3.63) is 28.2 Å². The van der Waals surface area contributed by atoms with Gasteiger partial charge in [0.2, 0.25) is 0 Å². The summed E-state index contributed by atoms with van der Waals surface area (Å²) in [6, 6.07) is 5.80. The lowest BCUT2D eigenvalue weighted by atomic mass is 9.89. The van der Waals surface area contributed by atoms with E-state index in [0.717, 1.165) is 36.2 Å². The number of carbonyl (C=O) groups is 1. The molecule has 2 fully saturated rings. The molecule has 1 aromatic rings. The lowest BCUT2D eigenvalue weighted by Crippen LogP contribution is -2.52. The van der Waals surface area contributed by atoms with E-state index < -0.39 is 5.97 Å². The van der Waals surface area contributed by atoms with Crippen LogP contribution in [0.2, 0.25) is 0 Å². The molecule has 0 amide bonds. The molecule has 1 saturated carbocycles. The van der Waals surface area contributed by atoms with Gasteiger partial charge < -0.3 is 14.7 Å². The molecule has 2 aliphatic rings. The van der Waals surface area contributed by atoms with E-state index >= 15 is 0 Å². The summed E-state index contributed by atoms with van der Waals surface area (Å²) in [6.07, 6.45) is 4.99. The molecule has 20 heavy (non-hydrogen) atoms. The molecule has 1 heterocycles. The summed E-state index contributed by atoms with van der Waals surface area (Å²) >= 11 is 3.41. The Balaban J connectivity index is 1.92. The fraction of sp³-hybridized carbons (Fsp3) is 0.533. The molecule has 3 rings (SSSR count). The average molecular weight is 340 g/mol. The predicted octanol–water partition coefficient (Wildman–Crippen LogP) is 3.30. The van der Waals surface area contributed by atoms with Gasteiger partial charge in [0.05, 0.1) is 24.3 Å². The monoisotopic (exact) mass is 339 g/mol. The van der Waals surface area contributed by atoms with Crippen LogP contribution < -0.4 is 4.90 Å². The molecule has 0 bridgehead atoms. The van der Waals surface area contributed by atoms with Gasteiger partial charge in [0.25, 0.3) is 0 Å². The Labute approximate surface area is 126 Å². The molecule has 4 nitrogen and oxygen atoms in total. The van der Waals surface area contributed by atoms with Crippen LogP contribution in [0.15, 0.2) is 22.7 Å². The van der Waals surface area contributed by atoms with Crippen molar-refractivity contribution in [2.24, 2.45) is 0 Å². The first kappa shape index (κ1) is 13.9. The number of benzene rings is 1. The van der Waals surface area contributed by atoms with Crippen LogP contribution in [0.3, 0.4) is 0 Å². The number of morpholine rings is 1. The van der Waals surface area contributed by atoms with Crippen molar-refractivity contribution in [1.29, 1.82) is 0 Å². The van der Waals surface area contributed by atoms with E-state index in [0.29, 0.717) is 17.7 Å². The second kappa shape index (κ2) is 5.74. The largest absolute Gasteiger partial charge is 0.478 e. The number of ether oxygens (including phenoxy) is 1. The van der Waals surface area contributed by atoms with Crippen LogP contribution >= 0.6 is 15.9 Å². The van der Waals surface area contributed by atoms with Gasteiger partial charge in [-0.25, -0.2) is 4.79 Å². The summed E-state index contributed by atoms with van der Waals surface area (Å²) < 4.78 is 6.68. The maximum absolute atomic E-state index is 11.2. The molecule has 1 aliphatic heterocycles. The molecule has 2 unspecified atom stereocenters. The zero-order chi connectivity index (χ0) is 14.1. The Morgan fingerprint density at radius 1 is 1.30 bits per heavy atom. The fourth-order valence-corrected chi connectivity index (χ4v) is 3.76. The third-order valence-corrected chi connectivity index (χ3v) is 4.65. The molecule has 0 aromatic heterocycles. The minimum Gasteiger partial charge on any atom is -0.478 e. The van der Waals surface area contributed by atoms with E-state index in [1.165, 1.54) is 12.8 Å². The van der Waals surface area contributed by atoms with Crippen LogP contribution in [-0.2, 0) is 4.74 Å². The second-order valence-corrected chi connectivity index (χ2v) is 6.37. The topological polar surface area (TPSA) is 49.8 Å². The molecular formula is C15H18BrNO3. The van der Waals surface area contributed by atoms with Crippen molar-refractivity contribution in [1.82, 2.24) is 0 Å². The van der Waals surface area contributed by atoms with Crippen LogP contribution in [-0.4, -0.2) is 36.4 Å². The summed E-state index contributed by atoms with van der Waals surface area (Å²) in [5.74, 6) is -0.888. The quantitative estimate of drug-likeness (QED) is 0.898. The zero-order valence-electron chi connectivity index (χ0n) is 11.2. The van der Waals surface area contributed by atoms with Gasteiger partial charge in [-0.3, -0.25) is 0 Å². The first-order valence-electron chi connectivity index (χ1n) is 7.07. The van der Waals surface area contributed by atoms with E-state index in [9.17, 15) is 9.90 Å². The van der Waals surface area contributed by atoms with Crippen LogP contribution in [0.5, 0.6) is 0 Å². The summed E-state index contributed by atoms with van der Waals surface area (Å²) in [7, 11) is 0. The Morgan fingerprint density at radius 3 is 2.90 bits per heavy atom. The highest BCUT2D eigenvalue weighted by molar-refractivity contribution is 9.10. The predicted molar refractivity (Wildman–Crippen MR) is 80.4 cm³/mol. The number of anilines is 1. The minimum absolute atomic E-state index is 0.296. The Kier molecular flexibility index (Phi) is 3.98. The van der Waals surface area contributed by atoms with Crippen molar-refractivity contribution in [2.75, 3.05) is 18.1 Å². The lowest BCUT2D eigenvalue weighted by molar-refractivity contribution is -0.00868. The van der Waals surface area contributed by atoms with E-state index in [1.54, 1.807) is 12.1 Å². The number of hydrogen-bond donors (Lipinski definition) is 1. The smallest absolute Gasteiger partial charge is 0.335 e. The first-order valence-corrected chi connectivity index (χ1v) is 7.86. The maximum atomic E-state index is 11.2. The normalized spacial score (nSPS) is 26.1. The lowest BCUT2D eigenvalue weighted by Gasteiger charge is -2.45. The molecule has 1 saturated heterocycles. The maximum Gasteiger partial charge on any atom is 0.335 e. The highest BCUT2D eigenvalue weighted by atomic mass is 79.9. The van der Waals surface area contributed by atoms with Gasteiger partial charge in [-0.15, -0.1) is 0 Å². The van der Waals surface area contributed by atoms with Crippen molar-refractivity contribution in [3.63, 3.8) is 0 Å². The van der Waals surface area contributed by atoms with Crippen LogP contribution in [0.4, 0.5) is 5.69 Å². The van der Waals surface area contributed by atoms with Gasteiger partial charge in [0.15, 0.2) is 0 Å². The number of hydrogen-bond acceptors (Lipinski definition) is 3. The number of carboxylic acid groups (broad SMARTS) is 1. The molecule has 0 radical (unpaired) electrons. The molecule has 1 aliphatic carbocycles. The van der Waals surface area contributed by atoms with Crippen LogP contribution in [0.25, 0.3) is 0 Å². The number of aromatic carboxylic acids is 1. The van der Waals surface area contributed by atoms with E-state index in [-0.39, 0.29) is 0 Å². The van der Waals surface area contributed by atoms with Gasteiger partial charge in [0.1, 0.15) is 0 Å². The van der Waals surface area contributed by atoms with E-state index in [1.807, 2.05) is 6.07 Å². The Morgan fingerprint density at radius 2 is 2.10 bits per heavy atom. The summed E-state index contributed by atoms with van der Waals surface area (Å²) in [6.45, 7) is 1.55. The summed E-state index contributed by atoms with van der Waals surface area (Å²) in [5, 5.41) is 9.20. The molecule has 2 atom stereocenters. The molecule has 5 heteroatoms. The van der Waals surface area contributed by atoms with Gasteiger partial charge >= 0.3 is 5.97 Å². The van der Waals surface area contributed by atoms with Gasteiger partial charge in [-0.2, -0.15) is 0 Å². The number of nitrogens with zero attached hydrogens (tertiary/aromatic N) is 1. The first-order chi connectivity index (χ1) is 9.65. The molecule has 0 spiro atoms. The van der Waals surface area contributed by atoms with Crippen molar-refractivity contribution < 1.29 is 14.6 Å². The standard InChI is InChI=1S/C15H18BrNO3/c16-11-7-10(15(18)19)8-12(9-11)17-5-6-20-14-4-2-1-3-13(14)17/h7-9,13-14H,1-6H2,(H,18,19). The molecule has 108 valence electrons. The van der Waals surface area contributed by atoms with Gasteiger partial charge in [-0.1, -0.05) is 28.8 Å². The zero-order valence-corrected chi connectivity index (χ0v) is 12.8. The molecule has 1 N–H and O–H groups in total. The van der Waals surface area contributed by atoms with Crippen LogP contribution in [0, 0.1) is 0 Å². The molecular weight excluding hydrogens is 322 g/mol. The molecule has 1 aromatic carbocycles. The Bertz CT molecular complexity index is 518. The van der Waals surface area contributed by atoms with Crippen molar-refractivity contribution >= 4 is 27.6 Å². The second-order valence-electron chi connectivity index (χ2n) is 5.46. The minimum atomic E-state index is -0.888.